The van der Waals surface area contributed by atoms with Crippen LogP contribution in [0.5, 0.6) is 5.75 Å². The Bertz CT molecular complexity index is 810. The van der Waals surface area contributed by atoms with Crippen molar-refractivity contribution in [3.8, 4) is 11.8 Å². The van der Waals surface area contributed by atoms with Crippen LogP contribution in [-0.2, 0) is 16.6 Å². The largest absolute Gasteiger partial charge is 0.489 e. The molecule has 0 saturated carbocycles. The molecule has 1 aromatic heterocycles. The monoisotopic (exact) mass is 303 g/mol. The Balaban J connectivity index is 2.20. The smallest absolute Gasteiger partial charge is 0.238 e. The highest BCUT2D eigenvalue weighted by atomic mass is 32.2. The van der Waals surface area contributed by atoms with E-state index in [1.807, 2.05) is 6.07 Å². The molecule has 2 aromatic rings. The van der Waals surface area contributed by atoms with Crippen LogP contribution in [0.1, 0.15) is 16.8 Å². The van der Waals surface area contributed by atoms with Crippen LogP contribution in [0.2, 0.25) is 0 Å². The normalized spacial score (nSPS) is 10.9. The minimum absolute atomic E-state index is 0.0337. The maximum Gasteiger partial charge on any atom is 0.238 e. The number of aromatic nitrogens is 1. The molecule has 7 heteroatoms. The summed E-state index contributed by atoms with van der Waals surface area (Å²) in [7, 11) is -3.73. The fraction of sp³-hybridized carbons (Fsp3) is 0.143. The standard InChI is InChI=1S/C14H13N3O3S/c1-10-7-12(21(16,18)19)4-5-14(10)20-9-11-3-2-6-17-13(11)8-15/h2-7H,9H2,1H3,(H2,16,18,19). The Morgan fingerprint density at radius 1 is 1.38 bits per heavy atom. The molecule has 0 fully saturated rings. The molecule has 108 valence electrons. The zero-order valence-corrected chi connectivity index (χ0v) is 12.1. The molecule has 1 aromatic carbocycles. The summed E-state index contributed by atoms with van der Waals surface area (Å²) < 4.78 is 28.1. The summed E-state index contributed by atoms with van der Waals surface area (Å²) >= 11 is 0. The first-order valence-electron chi connectivity index (χ1n) is 6.02. The van der Waals surface area contributed by atoms with E-state index in [0.717, 1.165) is 0 Å². The highest BCUT2D eigenvalue weighted by Gasteiger charge is 2.11. The molecule has 0 aliphatic rings. The van der Waals surface area contributed by atoms with Crippen LogP contribution in [0.3, 0.4) is 0 Å². The maximum absolute atomic E-state index is 11.3. The number of benzene rings is 1. The Kier molecular flexibility index (Phi) is 4.21. The fourth-order valence-electron chi connectivity index (χ4n) is 1.77. The van der Waals surface area contributed by atoms with Crippen LogP contribution in [0.4, 0.5) is 0 Å². The molecule has 0 bridgehead atoms. The van der Waals surface area contributed by atoms with Gasteiger partial charge in [-0.1, -0.05) is 6.07 Å². The molecular weight excluding hydrogens is 290 g/mol. The van der Waals surface area contributed by atoms with Gasteiger partial charge >= 0.3 is 0 Å². The number of nitriles is 1. The van der Waals surface area contributed by atoms with Crippen molar-refractivity contribution >= 4 is 10.0 Å². The van der Waals surface area contributed by atoms with Crippen molar-refractivity contribution in [2.75, 3.05) is 0 Å². The third kappa shape index (κ3) is 3.56. The molecule has 0 saturated heterocycles. The number of rotatable bonds is 4. The number of nitrogens with two attached hydrogens (primary N) is 1. The summed E-state index contributed by atoms with van der Waals surface area (Å²) in [6.45, 7) is 1.89. The topological polar surface area (TPSA) is 106 Å². The van der Waals surface area contributed by atoms with Crippen LogP contribution >= 0.6 is 0 Å². The number of primary sulfonamides is 1. The molecular formula is C14H13N3O3S. The van der Waals surface area contributed by atoms with Crippen molar-refractivity contribution in [3.05, 3.63) is 53.3 Å². The Labute approximate surface area is 122 Å². The molecule has 0 aliphatic heterocycles. The van der Waals surface area contributed by atoms with Crippen molar-refractivity contribution in [1.82, 2.24) is 4.98 Å². The average Bonchev–Trinajstić information content (AvgIpc) is 2.45. The second-order valence-corrected chi connectivity index (χ2v) is 5.95. The SMILES string of the molecule is Cc1cc(S(N)(=O)=O)ccc1OCc1cccnc1C#N. The van der Waals surface area contributed by atoms with E-state index in [-0.39, 0.29) is 11.5 Å². The van der Waals surface area contributed by atoms with Crippen LogP contribution in [0, 0.1) is 18.3 Å². The van der Waals surface area contributed by atoms with E-state index < -0.39 is 10.0 Å². The highest BCUT2D eigenvalue weighted by Crippen LogP contribution is 2.22. The van der Waals surface area contributed by atoms with E-state index in [9.17, 15) is 8.42 Å². The van der Waals surface area contributed by atoms with Crippen LogP contribution in [-0.4, -0.2) is 13.4 Å². The van der Waals surface area contributed by atoms with Gasteiger partial charge in [-0.3, -0.25) is 0 Å². The summed E-state index contributed by atoms with van der Waals surface area (Å²) in [5.74, 6) is 0.523. The van der Waals surface area contributed by atoms with Gasteiger partial charge in [0.25, 0.3) is 0 Å². The third-order valence-corrected chi connectivity index (χ3v) is 3.77. The van der Waals surface area contributed by atoms with Gasteiger partial charge in [-0.2, -0.15) is 5.26 Å². The number of pyridine rings is 1. The van der Waals surface area contributed by atoms with Gasteiger partial charge in [-0.25, -0.2) is 18.5 Å². The molecule has 0 unspecified atom stereocenters. The molecule has 1 heterocycles. The zero-order valence-electron chi connectivity index (χ0n) is 11.3. The maximum atomic E-state index is 11.3. The molecule has 0 amide bonds. The molecule has 0 atom stereocenters. The van der Waals surface area contributed by atoms with Gasteiger partial charge in [0.15, 0.2) is 0 Å². The molecule has 2 rings (SSSR count). The lowest BCUT2D eigenvalue weighted by atomic mass is 10.2. The molecule has 0 aliphatic carbocycles. The van der Waals surface area contributed by atoms with Crippen molar-refractivity contribution in [2.45, 2.75) is 18.4 Å². The van der Waals surface area contributed by atoms with Gasteiger partial charge in [0.2, 0.25) is 10.0 Å². The minimum atomic E-state index is -3.73. The molecule has 0 spiro atoms. The van der Waals surface area contributed by atoms with Crippen molar-refractivity contribution in [2.24, 2.45) is 5.14 Å². The number of aryl methyl sites for hydroxylation is 1. The van der Waals surface area contributed by atoms with Gasteiger partial charge < -0.3 is 4.74 Å². The molecule has 21 heavy (non-hydrogen) atoms. The lowest BCUT2D eigenvalue weighted by Gasteiger charge is -2.10. The van der Waals surface area contributed by atoms with E-state index in [1.54, 1.807) is 19.1 Å². The summed E-state index contributed by atoms with van der Waals surface area (Å²) in [6, 6.07) is 9.82. The number of hydrogen-bond donors (Lipinski definition) is 1. The number of hydrogen-bond acceptors (Lipinski definition) is 5. The minimum Gasteiger partial charge on any atom is -0.489 e. The Morgan fingerprint density at radius 2 is 2.14 bits per heavy atom. The van der Waals surface area contributed by atoms with Gasteiger partial charge in [-0.05, 0) is 36.8 Å². The van der Waals surface area contributed by atoms with Gasteiger partial charge in [0.05, 0.1) is 4.90 Å². The van der Waals surface area contributed by atoms with Crippen LogP contribution in [0.25, 0.3) is 0 Å². The molecule has 0 radical (unpaired) electrons. The predicted molar refractivity (Wildman–Crippen MR) is 75.8 cm³/mol. The lowest BCUT2D eigenvalue weighted by molar-refractivity contribution is 0.303. The van der Waals surface area contributed by atoms with E-state index in [0.29, 0.717) is 22.6 Å². The quantitative estimate of drug-likeness (QED) is 0.921. The number of ether oxygens (including phenoxy) is 1. The first kappa shape index (κ1) is 15.0. The second-order valence-electron chi connectivity index (χ2n) is 4.38. The summed E-state index contributed by atoms with van der Waals surface area (Å²) in [5, 5.41) is 14.0. The highest BCUT2D eigenvalue weighted by molar-refractivity contribution is 7.89. The second kappa shape index (κ2) is 5.91. The van der Waals surface area contributed by atoms with Crippen LogP contribution < -0.4 is 9.88 Å². The van der Waals surface area contributed by atoms with E-state index in [2.05, 4.69) is 4.98 Å². The average molecular weight is 303 g/mol. The summed E-state index contributed by atoms with van der Waals surface area (Å²) in [6.07, 6.45) is 1.54. The van der Waals surface area contributed by atoms with Gasteiger partial charge in [-0.15, -0.1) is 0 Å². The zero-order chi connectivity index (χ0) is 15.5. The van der Waals surface area contributed by atoms with E-state index in [4.69, 9.17) is 15.1 Å². The van der Waals surface area contributed by atoms with E-state index in [1.165, 1.54) is 24.4 Å². The van der Waals surface area contributed by atoms with E-state index >= 15 is 0 Å². The molecule has 6 nitrogen and oxygen atoms in total. The van der Waals surface area contributed by atoms with Gasteiger partial charge in [0, 0.05) is 11.8 Å². The fourth-order valence-corrected chi connectivity index (χ4v) is 2.37. The van der Waals surface area contributed by atoms with Gasteiger partial charge in [0.1, 0.15) is 24.1 Å². The lowest BCUT2D eigenvalue weighted by Crippen LogP contribution is -2.12. The Morgan fingerprint density at radius 3 is 2.76 bits per heavy atom. The number of nitrogens with zero attached hydrogens (tertiary/aromatic N) is 2. The third-order valence-electron chi connectivity index (χ3n) is 2.86. The van der Waals surface area contributed by atoms with Crippen molar-refractivity contribution < 1.29 is 13.2 Å². The predicted octanol–water partition coefficient (Wildman–Crippen LogP) is 1.49. The van der Waals surface area contributed by atoms with Crippen molar-refractivity contribution in [1.29, 1.82) is 5.26 Å². The Hall–Kier alpha value is -2.43. The summed E-state index contributed by atoms with van der Waals surface area (Å²) in [4.78, 5) is 3.98. The summed E-state index contributed by atoms with van der Waals surface area (Å²) in [5.41, 5.74) is 1.61. The van der Waals surface area contributed by atoms with Crippen molar-refractivity contribution in [3.63, 3.8) is 0 Å². The molecule has 2 N–H and O–H groups in total. The first-order valence-corrected chi connectivity index (χ1v) is 7.56. The first-order chi connectivity index (χ1) is 9.91. The number of sulfonamides is 1. The van der Waals surface area contributed by atoms with Crippen LogP contribution in [0.15, 0.2) is 41.4 Å².